The lowest BCUT2D eigenvalue weighted by atomic mass is 10.0. The molecule has 6 nitrogen and oxygen atoms in total. The van der Waals surface area contributed by atoms with Crippen molar-refractivity contribution in [3.63, 3.8) is 0 Å². The third kappa shape index (κ3) is 3.51. The molecule has 0 saturated carbocycles. The predicted octanol–water partition coefficient (Wildman–Crippen LogP) is 2.28. The van der Waals surface area contributed by atoms with Crippen LogP contribution in [0.15, 0.2) is 22.7 Å². The van der Waals surface area contributed by atoms with Crippen LogP contribution in [0.3, 0.4) is 0 Å². The molecule has 1 rings (SSSR count). The van der Waals surface area contributed by atoms with Gasteiger partial charge in [0.05, 0.1) is 16.7 Å². The molecule has 3 N–H and O–H groups in total. The smallest absolute Gasteiger partial charge is 0.270 e. The highest BCUT2D eigenvalue weighted by Gasteiger charge is 2.18. The summed E-state index contributed by atoms with van der Waals surface area (Å²) in [5, 5.41) is 13.2. The molecule has 0 spiro atoms. The first-order chi connectivity index (χ1) is 8.32. The van der Waals surface area contributed by atoms with Crippen LogP contribution in [-0.4, -0.2) is 16.9 Å². The van der Waals surface area contributed by atoms with Crippen LogP contribution in [0.4, 0.5) is 11.4 Å². The van der Waals surface area contributed by atoms with Crippen molar-refractivity contribution in [3.05, 3.63) is 32.8 Å². The van der Waals surface area contributed by atoms with Gasteiger partial charge in [-0.1, -0.05) is 13.8 Å². The van der Waals surface area contributed by atoms with E-state index in [0.717, 1.165) is 0 Å². The highest BCUT2D eigenvalue weighted by molar-refractivity contribution is 9.10. The summed E-state index contributed by atoms with van der Waals surface area (Å²) in [6.45, 7) is 3.68. The number of carbonyl (C=O) groups excluding carboxylic acids is 1. The maximum Gasteiger partial charge on any atom is 0.270 e. The number of nitrogens with one attached hydrogen (secondary N) is 1. The van der Waals surface area contributed by atoms with E-state index in [4.69, 9.17) is 5.73 Å². The molecule has 98 valence electrons. The van der Waals surface area contributed by atoms with Gasteiger partial charge in [0.25, 0.3) is 5.69 Å². The molecule has 1 atom stereocenters. The zero-order valence-electron chi connectivity index (χ0n) is 10.0. The second-order valence-electron chi connectivity index (χ2n) is 4.18. The summed E-state index contributed by atoms with van der Waals surface area (Å²) in [6.07, 6.45) is 0. The van der Waals surface area contributed by atoms with E-state index in [1.165, 1.54) is 18.2 Å². The van der Waals surface area contributed by atoms with Crippen molar-refractivity contribution in [2.24, 2.45) is 11.7 Å². The number of benzene rings is 1. The minimum atomic E-state index is -0.618. The quantitative estimate of drug-likeness (QED) is 0.657. The topological polar surface area (TPSA) is 98.3 Å². The van der Waals surface area contributed by atoms with Gasteiger partial charge in [-0.2, -0.15) is 0 Å². The summed E-state index contributed by atoms with van der Waals surface area (Å²) >= 11 is 3.17. The van der Waals surface area contributed by atoms with E-state index < -0.39 is 11.0 Å². The third-order valence-electron chi connectivity index (χ3n) is 2.44. The third-order valence-corrected chi connectivity index (χ3v) is 3.10. The SMILES string of the molecule is CC(C)[C@@H](N)C(=O)Nc1ccc([N+](=O)[O-])cc1Br. The van der Waals surface area contributed by atoms with E-state index in [9.17, 15) is 14.9 Å². The Bertz CT molecular complexity index is 477. The van der Waals surface area contributed by atoms with Crippen LogP contribution >= 0.6 is 15.9 Å². The maximum absolute atomic E-state index is 11.7. The molecule has 0 saturated heterocycles. The average Bonchev–Trinajstić information content (AvgIpc) is 2.30. The number of amides is 1. The Morgan fingerprint density at radius 1 is 1.50 bits per heavy atom. The van der Waals surface area contributed by atoms with Gasteiger partial charge in [0.2, 0.25) is 5.91 Å². The number of hydrogen-bond acceptors (Lipinski definition) is 4. The van der Waals surface area contributed by atoms with Crippen molar-refractivity contribution < 1.29 is 9.72 Å². The molecule has 0 unspecified atom stereocenters. The van der Waals surface area contributed by atoms with Crippen LogP contribution in [0.25, 0.3) is 0 Å². The fourth-order valence-corrected chi connectivity index (χ4v) is 1.70. The molecule has 1 aromatic carbocycles. The Morgan fingerprint density at radius 2 is 2.11 bits per heavy atom. The lowest BCUT2D eigenvalue weighted by Crippen LogP contribution is -2.39. The number of rotatable bonds is 4. The molecule has 1 amide bonds. The first-order valence-electron chi connectivity index (χ1n) is 5.33. The maximum atomic E-state index is 11.7. The van der Waals surface area contributed by atoms with Crippen molar-refractivity contribution in [2.75, 3.05) is 5.32 Å². The molecule has 0 radical (unpaired) electrons. The molecule has 0 heterocycles. The normalized spacial score (nSPS) is 12.3. The molecule has 7 heteroatoms. The number of nitrogens with zero attached hydrogens (tertiary/aromatic N) is 1. The standard InChI is InChI=1S/C11H14BrN3O3/c1-6(2)10(13)11(16)14-9-4-3-7(15(17)18)5-8(9)12/h3-6,10H,13H2,1-2H3,(H,14,16)/t10-/m1/s1. The number of nitrogens with two attached hydrogens (primary N) is 1. The van der Waals surface area contributed by atoms with Crippen LogP contribution in [-0.2, 0) is 4.79 Å². The number of hydrogen-bond donors (Lipinski definition) is 2. The lowest BCUT2D eigenvalue weighted by molar-refractivity contribution is -0.384. The summed E-state index contributed by atoms with van der Waals surface area (Å²) in [4.78, 5) is 21.8. The van der Waals surface area contributed by atoms with Gasteiger partial charge in [-0.25, -0.2) is 0 Å². The van der Waals surface area contributed by atoms with Gasteiger partial charge in [0, 0.05) is 16.6 Å². The molecule has 1 aromatic rings. The minimum Gasteiger partial charge on any atom is -0.324 e. The monoisotopic (exact) mass is 315 g/mol. The van der Waals surface area contributed by atoms with Gasteiger partial charge in [-0.05, 0) is 27.9 Å². The lowest BCUT2D eigenvalue weighted by Gasteiger charge is -2.15. The highest BCUT2D eigenvalue weighted by Crippen LogP contribution is 2.27. The van der Waals surface area contributed by atoms with Crippen LogP contribution in [0, 0.1) is 16.0 Å². The van der Waals surface area contributed by atoms with E-state index in [-0.39, 0.29) is 17.5 Å². The molecular formula is C11H14BrN3O3. The van der Waals surface area contributed by atoms with E-state index in [0.29, 0.717) is 10.2 Å². The van der Waals surface area contributed by atoms with Gasteiger partial charge in [-0.3, -0.25) is 14.9 Å². The fourth-order valence-electron chi connectivity index (χ4n) is 1.24. The van der Waals surface area contributed by atoms with E-state index >= 15 is 0 Å². The van der Waals surface area contributed by atoms with Crippen LogP contribution < -0.4 is 11.1 Å². The molecule has 0 bridgehead atoms. The van der Waals surface area contributed by atoms with Crippen molar-refractivity contribution in [3.8, 4) is 0 Å². The Hall–Kier alpha value is -1.47. The largest absolute Gasteiger partial charge is 0.324 e. The van der Waals surface area contributed by atoms with Gasteiger partial charge in [-0.15, -0.1) is 0 Å². The molecule has 0 fully saturated rings. The van der Waals surface area contributed by atoms with Crippen LogP contribution in [0.2, 0.25) is 0 Å². The van der Waals surface area contributed by atoms with E-state index in [1.54, 1.807) is 0 Å². The number of nitro benzene ring substituents is 1. The second-order valence-corrected chi connectivity index (χ2v) is 5.03. The molecule has 0 aliphatic carbocycles. The summed E-state index contributed by atoms with van der Waals surface area (Å²) in [7, 11) is 0. The average molecular weight is 316 g/mol. The minimum absolute atomic E-state index is 0.0156. The number of anilines is 1. The Labute approximate surface area is 113 Å². The predicted molar refractivity (Wildman–Crippen MR) is 72.2 cm³/mol. The molecule has 18 heavy (non-hydrogen) atoms. The van der Waals surface area contributed by atoms with Crippen molar-refractivity contribution >= 4 is 33.2 Å². The summed E-state index contributed by atoms with van der Waals surface area (Å²) < 4.78 is 0.445. The Balaban J connectivity index is 2.86. The second kappa shape index (κ2) is 5.92. The summed E-state index contributed by atoms with van der Waals surface area (Å²) in [5.41, 5.74) is 6.11. The first-order valence-corrected chi connectivity index (χ1v) is 6.12. The first kappa shape index (κ1) is 14.6. The number of carbonyl (C=O) groups is 1. The van der Waals surface area contributed by atoms with Gasteiger partial charge < -0.3 is 11.1 Å². The van der Waals surface area contributed by atoms with Crippen LogP contribution in [0.5, 0.6) is 0 Å². The fraction of sp³-hybridized carbons (Fsp3) is 0.364. The number of nitro groups is 1. The number of halogens is 1. The molecule has 0 aliphatic heterocycles. The van der Waals surface area contributed by atoms with E-state index in [2.05, 4.69) is 21.2 Å². The van der Waals surface area contributed by atoms with Gasteiger partial charge in [0.1, 0.15) is 0 Å². The molecule has 0 aliphatic rings. The van der Waals surface area contributed by atoms with Crippen LogP contribution in [0.1, 0.15) is 13.8 Å². The molecular weight excluding hydrogens is 302 g/mol. The highest BCUT2D eigenvalue weighted by atomic mass is 79.9. The molecule has 0 aromatic heterocycles. The van der Waals surface area contributed by atoms with Crippen molar-refractivity contribution in [1.29, 1.82) is 0 Å². The zero-order valence-corrected chi connectivity index (χ0v) is 11.6. The Morgan fingerprint density at radius 3 is 2.56 bits per heavy atom. The Kier molecular flexibility index (Phi) is 4.80. The summed E-state index contributed by atoms with van der Waals surface area (Å²) in [5.74, 6) is -0.304. The van der Waals surface area contributed by atoms with Crippen molar-refractivity contribution in [1.82, 2.24) is 0 Å². The number of non-ortho nitro benzene ring substituents is 1. The zero-order chi connectivity index (χ0) is 13.9. The van der Waals surface area contributed by atoms with Gasteiger partial charge in [0.15, 0.2) is 0 Å². The van der Waals surface area contributed by atoms with E-state index in [1.807, 2.05) is 13.8 Å². The van der Waals surface area contributed by atoms with Gasteiger partial charge >= 0.3 is 0 Å². The van der Waals surface area contributed by atoms with Crippen molar-refractivity contribution in [2.45, 2.75) is 19.9 Å². The summed E-state index contributed by atoms with van der Waals surface area (Å²) in [6, 6.07) is 3.50.